The van der Waals surface area contributed by atoms with Crippen LogP contribution in [0.25, 0.3) is 10.9 Å². The highest BCUT2D eigenvalue weighted by Crippen LogP contribution is 2.55. The first-order valence-electron chi connectivity index (χ1n) is 16.4. The van der Waals surface area contributed by atoms with Crippen LogP contribution in [0.5, 0.6) is 5.75 Å². The molecule has 10 heteroatoms. The lowest BCUT2D eigenvalue weighted by Gasteiger charge is -2.55. The van der Waals surface area contributed by atoms with Crippen LogP contribution in [0.4, 0.5) is 5.69 Å². The maximum absolute atomic E-state index is 10.2. The number of rotatable bonds is 9. The van der Waals surface area contributed by atoms with Gasteiger partial charge in [0, 0.05) is 62.0 Å². The fourth-order valence-electron chi connectivity index (χ4n) is 7.75. The molecule has 6 unspecified atom stereocenters. The van der Waals surface area contributed by atoms with E-state index in [1.165, 1.54) is 6.42 Å². The summed E-state index contributed by atoms with van der Waals surface area (Å²) in [4.78, 5) is 38.5. The van der Waals surface area contributed by atoms with Gasteiger partial charge in [-0.2, -0.15) is 19.6 Å². The lowest BCUT2D eigenvalue weighted by atomic mass is 9.62. The number of aromatic nitrogens is 1. The molecule has 10 nitrogen and oxygen atoms in total. The molecule has 1 aromatic heterocycles. The summed E-state index contributed by atoms with van der Waals surface area (Å²) < 4.78 is 10.8. The molecule has 1 saturated heterocycles. The van der Waals surface area contributed by atoms with Crippen molar-refractivity contribution in [1.82, 2.24) is 10.3 Å². The highest BCUT2D eigenvalue weighted by atomic mass is 17.4. The van der Waals surface area contributed by atoms with Gasteiger partial charge in [0.25, 0.3) is 0 Å². The number of ether oxygens (including phenoxy) is 2. The fraction of sp³-hybridized carbons (Fsp3) is 0.706. The van der Waals surface area contributed by atoms with E-state index in [2.05, 4.69) is 36.4 Å². The van der Waals surface area contributed by atoms with Gasteiger partial charge in [0.1, 0.15) is 5.75 Å². The van der Waals surface area contributed by atoms with Crippen molar-refractivity contribution < 1.29 is 33.8 Å². The Kier molecular flexibility index (Phi) is 11.0. The van der Waals surface area contributed by atoms with Crippen LogP contribution in [0.3, 0.4) is 0 Å². The minimum atomic E-state index is -0.791. The number of anilines is 1. The van der Waals surface area contributed by atoms with Crippen molar-refractivity contribution in [3.8, 4) is 5.75 Å². The van der Waals surface area contributed by atoms with Crippen LogP contribution in [0, 0.1) is 23.7 Å². The van der Waals surface area contributed by atoms with Gasteiger partial charge >= 0.3 is 0 Å². The zero-order valence-electron chi connectivity index (χ0n) is 27.0. The van der Waals surface area contributed by atoms with Crippen molar-refractivity contribution in [3.63, 3.8) is 0 Å². The number of amides is 1. The Bertz CT molecular complexity index is 1220. The molecule has 4 aliphatic rings. The molecule has 2 aromatic rings. The van der Waals surface area contributed by atoms with E-state index in [0.717, 1.165) is 92.0 Å². The van der Waals surface area contributed by atoms with Crippen molar-refractivity contribution in [3.05, 3.63) is 30.5 Å². The summed E-state index contributed by atoms with van der Waals surface area (Å²) in [6, 6.07) is 8.17. The first-order chi connectivity index (χ1) is 21.3. The predicted octanol–water partition coefficient (Wildman–Crippen LogP) is 6.54. The summed E-state index contributed by atoms with van der Waals surface area (Å²) in [6.45, 7) is 7.36. The minimum absolute atomic E-state index is 0.146. The maximum atomic E-state index is 10.2. The van der Waals surface area contributed by atoms with Crippen LogP contribution in [0.15, 0.2) is 30.5 Å². The van der Waals surface area contributed by atoms with E-state index < -0.39 is 11.6 Å². The molecule has 244 valence electrons. The average molecular weight is 614 g/mol. The number of methoxy groups -OCH3 is 2. The quantitative estimate of drug-likeness (QED) is 0.185. The third-order valence-corrected chi connectivity index (χ3v) is 9.94. The van der Waals surface area contributed by atoms with Crippen LogP contribution in [0.1, 0.15) is 85.0 Å². The number of fused-ring (bicyclic) bond motifs is 4. The molecule has 2 N–H and O–H groups in total. The number of benzene rings is 1. The minimum Gasteiger partial charge on any atom is -0.497 e. The number of nitrogens with one attached hydrogen (secondary N) is 2. The molecule has 2 heterocycles. The molecule has 2 spiro atoms. The monoisotopic (exact) mass is 613 g/mol. The van der Waals surface area contributed by atoms with Crippen LogP contribution in [0.2, 0.25) is 0 Å². The van der Waals surface area contributed by atoms with Gasteiger partial charge in [-0.25, -0.2) is 0 Å². The second kappa shape index (κ2) is 14.7. The number of carbonyl (C=O) groups is 1. The highest BCUT2D eigenvalue weighted by molar-refractivity contribution is 5.91. The van der Waals surface area contributed by atoms with Gasteiger partial charge in [-0.05, 0) is 82.3 Å². The molecule has 1 aliphatic heterocycles. The maximum Gasteiger partial charge on any atom is 0.239 e. The first-order valence-corrected chi connectivity index (χ1v) is 16.4. The van der Waals surface area contributed by atoms with Crippen LogP contribution >= 0.6 is 0 Å². The number of pyridine rings is 1. The van der Waals surface area contributed by atoms with Gasteiger partial charge in [-0.3, -0.25) is 9.78 Å². The van der Waals surface area contributed by atoms with E-state index in [4.69, 9.17) is 29.0 Å². The number of hydrogen-bond donors (Lipinski definition) is 2. The van der Waals surface area contributed by atoms with Gasteiger partial charge < -0.3 is 20.1 Å². The summed E-state index contributed by atoms with van der Waals surface area (Å²) in [7, 11) is 3.40. The molecule has 4 fully saturated rings. The number of nitrogens with zero attached hydrogens (tertiary/aromatic N) is 1. The third kappa shape index (κ3) is 7.48. The predicted molar refractivity (Wildman–Crippen MR) is 168 cm³/mol. The molecule has 1 aromatic carbocycles. The molecule has 3 saturated carbocycles. The second-order valence-electron chi connectivity index (χ2n) is 13.4. The van der Waals surface area contributed by atoms with Crippen LogP contribution in [-0.4, -0.2) is 55.9 Å². The van der Waals surface area contributed by atoms with Gasteiger partial charge in [-0.15, -0.1) is 0 Å². The van der Waals surface area contributed by atoms with Crippen molar-refractivity contribution in [2.24, 2.45) is 23.7 Å². The summed E-state index contributed by atoms with van der Waals surface area (Å²) in [6.07, 6.45) is 12.8. The summed E-state index contributed by atoms with van der Waals surface area (Å²) in [5.74, 6) is 1.46. The number of hydrogen-bond acceptors (Lipinski definition) is 9. The van der Waals surface area contributed by atoms with Gasteiger partial charge in [0.05, 0.1) is 24.4 Å². The Labute approximate surface area is 261 Å². The summed E-state index contributed by atoms with van der Waals surface area (Å²) in [5.41, 5.74) is 1.91. The van der Waals surface area contributed by atoms with Crippen molar-refractivity contribution in [2.75, 3.05) is 26.1 Å². The van der Waals surface area contributed by atoms with Gasteiger partial charge in [-0.1, -0.05) is 19.9 Å². The summed E-state index contributed by atoms with van der Waals surface area (Å²) >= 11 is 0. The Morgan fingerprint density at radius 2 is 1.93 bits per heavy atom. The third-order valence-electron chi connectivity index (χ3n) is 9.94. The van der Waals surface area contributed by atoms with E-state index in [1.54, 1.807) is 20.4 Å². The molecule has 1 amide bonds. The van der Waals surface area contributed by atoms with Gasteiger partial charge in [0.15, 0.2) is 0 Å². The zero-order valence-corrected chi connectivity index (χ0v) is 27.0. The lowest BCUT2D eigenvalue weighted by molar-refractivity contribution is -0.677. The SMILES string of the molecule is COC1CCCC2(C1)OOC1(OO2)C(C)CC2CC(C)CC1C2.COc1cc(NC(C)CCCNC=O)c2ncccc2c1. The summed E-state index contributed by atoms with van der Waals surface area (Å²) in [5, 5.41) is 7.20. The van der Waals surface area contributed by atoms with E-state index in [-0.39, 0.29) is 18.1 Å². The Morgan fingerprint density at radius 3 is 2.68 bits per heavy atom. The van der Waals surface area contributed by atoms with E-state index in [0.29, 0.717) is 18.9 Å². The molecule has 6 atom stereocenters. The van der Waals surface area contributed by atoms with Crippen LogP contribution in [-0.2, 0) is 29.1 Å². The molecule has 44 heavy (non-hydrogen) atoms. The standard InChI is InChI=1S/C18H30O5.C16H21N3O2/c1-12-7-14-9-13(2)18(15(8-12)10-14)22-20-17(21-23-18)6-4-5-16(11-17)19-3;1-12(5-3-7-17-11-20)19-15-10-14(21-2)9-13-6-4-8-18-16(13)15/h12-16H,4-11H2,1-3H3;4,6,8-12,19H,3,5,7H2,1-2H3,(H,17,20). The molecule has 2 bridgehead atoms. The first kappa shape index (κ1) is 32.9. The topological polar surface area (TPSA) is 109 Å². The molecular formula is C34H51N3O7. The van der Waals surface area contributed by atoms with Crippen molar-refractivity contribution in [2.45, 2.75) is 109 Å². The molecule has 3 aliphatic carbocycles. The van der Waals surface area contributed by atoms with E-state index in [9.17, 15) is 4.79 Å². The number of carbonyl (C=O) groups excluding carboxylic acids is 1. The fourth-order valence-corrected chi connectivity index (χ4v) is 7.75. The molecule has 0 radical (unpaired) electrons. The Balaban J connectivity index is 0.000000176. The van der Waals surface area contributed by atoms with E-state index in [1.807, 2.05) is 24.3 Å². The van der Waals surface area contributed by atoms with E-state index >= 15 is 0 Å². The highest BCUT2D eigenvalue weighted by Gasteiger charge is 2.60. The van der Waals surface area contributed by atoms with Gasteiger partial charge in [0.2, 0.25) is 18.0 Å². The zero-order chi connectivity index (χ0) is 31.2. The van der Waals surface area contributed by atoms with Crippen molar-refractivity contribution >= 4 is 23.0 Å². The lowest BCUT2D eigenvalue weighted by Crippen LogP contribution is -2.61. The van der Waals surface area contributed by atoms with Crippen molar-refractivity contribution in [1.29, 1.82) is 0 Å². The smallest absolute Gasteiger partial charge is 0.239 e. The Morgan fingerprint density at radius 1 is 1.11 bits per heavy atom. The van der Waals surface area contributed by atoms with Crippen LogP contribution < -0.4 is 15.4 Å². The molecule has 6 rings (SSSR count). The molecular weight excluding hydrogens is 562 g/mol. The average Bonchev–Trinajstić information content (AvgIpc) is 3.03. The second-order valence-corrected chi connectivity index (χ2v) is 13.4. The normalized spacial score (nSPS) is 33.7. The largest absolute Gasteiger partial charge is 0.497 e. The Hall–Kier alpha value is -2.50.